The molecule has 0 unspecified atom stereocenters. The first kappa shape index (κ1) is 21.1. The normalized spacial score (nSPS) is 13.1. The van der Waals surface area contributed by atoms with E-state index in [4.69, 9.17) is 0 Å². The second-order valence-corrected chi connectivity index (χ2v) is 15.9. The van der Waals surface area contributed by atoms with E-state index < -0.39 is 29.3 Å². The van der Waals surface area contributed by atoms with Crippen LogP contribution >= 0.6 is 0 Å². The molecular weight excluding hydrogens is 422 g/mol. The van der Waals surface area contributed by atoms with Crippen molar-refractivity contribution < 1.29 is 11.0 Å². The third-order valence-corrected chi connectivity index (χ3v) is 9.82. The third kappa shape index (κ3) is 4.58. The SMILES string of the molecule is C[As](C)c1ccc(C2=C[C+](c3ccc([As](C)C)cc3)C2)cc1.O.[OH-]. The topological polar surface area (TPSA) is 61.5 Å². The van der Waals surface area contributed by atoms with Crippen LogP contribution in [0.25, 0.3) is 5.57 Å². The van der Waals surface area contributed by atoms with Crippen LogP contribution < -0.4 is 8.70 Å². The zero-order valence-electron chi connectivity index (χ0n) is 14.7. The summed E-state index contributed by atoms with van der Waals surface area (Å²) in [6.45, 7) is 0. The van der Waals surface area contributed by atoms with Gasteiger partial charge in [-0.1, -0.05) is 0 Å². The Morgan fingerprint density at radius 3 is 1.58 bits per heavy atom. The Kier molecular flexibility index (Phi) is 7.90. The van der Waals surface area contributed by atoms with Crippen molar-refractivity contribution in [3.8, 4) is 0 Å². The maximum absolute atomic E-state index is 2.39. The van der Waals surface area contributed by atoms with Gasteiger partial charge in [-0.15, -0.1) is 0 Å². The summed E-state index contributed by atoms with van der Waals surface area (Å²) in [4.78, 5) is 0. The molecule has 0 bridgehead atoms. The molecule has 2 aromatic rings. The molecule has 0 spiro atoms. The molecule has 4 heteroatoms. The Bertz CT molecular complexity index is 674. The maximum atomic E-state index is 2.39. The Labute approximate surface area is 155 Å². The molecule has 2 nitrogen and oxygen atoms in total. The molecule has 0 aliphatic heterocycles. The molecule has 2 aromatic carbocycles. The quantitative estimate of drug-likeness (QED) is 0.524. The zero-order chi connectivity index (χ0) is 15.7. The summed E-state index contributed by atoms with van der Waals surface area (Å²) in [6, 6.07) is 18.5. The fourth-order valence-electron chi connectivity index (χ4n) is 2.70. The van der Waals surface area contributed by atoms with Gasteiger partial charge in [0.15, 0.2) is 0 Å². The number of rotatable bonds is 4. The molecule has 0 heterocycles. The van der Waals surface area contributed by atoms with Crippen molar-refractivity contribution in [3.05, 3.63) is 71.7 Å². The van der Waals surface area contributed by atoms with E-state index in [2.05, 4.69) is 77.5 Å². The molecule has 3 N–H and O–H groups in total. The predicted octanol–water partition coefficient (Wildman–Crippen LogP) is 3.02. The van der Waals surface area contributed by atoms with Crippen LogP contribution in [0.5, 0.6) is 0 Å². The van der Waals surface area contributed by atoms with Gasteiger partial charge < -0.3 is 11.0 Å². The van der Waals surface area contributed by atoms with E-state index in [0.717, 1.165) is 6.42 Å². The van der Waals surface area contributed by atoms with Gasteiger partial charge in [0.25, 0.3) is 0 Å². The molecule has 0 amide bonds. The van der Waals surface area contributed by atoms with Gasteiger partial charge >= 0.3 is 144 Å². The van der Waals surface area contributed by atoms with Crippen molar-refractivity contribution in [1.29, 1.82) is 0 Å². The third-order valence-electron chi connectivity index (χ3n) is 4.24. The first-order chi connectivity index (χ1) is 10.5. The average Bonchev–Trinajstić information content (AvgIpc) is 2.47. The van der Waals surface area contributed by atoms with Crippen LogP contribution in [0.2, 0.25) is 22.8 Å². The molecule has 3 rings (SSSR count). The van der Waals surface area contributed by atoms with Crippen LogP contribution in [-0.2, 0) is 0 Å². The zero-order valence-corrected chi connectivity index (χ0v) is 18.5. The summed E-state index contributed by atoms with van der Waals surface area (Å²) in [6.07, 6.45) is 3.48. The van der Waals surface area contributed by atoms with Crippen molar-refractivity contribution in [2.75, 3.05) is 0 Å². The van der Waals surface area contributed by atoms with Gasteiger partial charge in [-0.3, -0.25) is 0 Å². The van der Waals surface area contributed by atoms with Crippen molar-refractivity contribution >= 4 is 43.6 Å². The fraction of sp³-hybridized carbons (Fsp3) is 0.250. The number of hydrogen-bond acceptors (Lipinski definition) is 1. The molecule has 24 heavy (non-hydrogen) atoms. The largest absolute Gasteiger partial charge is 0.870 e. The van der Waals surface area contributed by atoms with Crippen molar-refractivity contribution in [3.63, 3.8) is 0 Å². The molecule has 0 saturated carbocycles. The summed E-state index contributed by atoms with van der Waals surface area (Å²) in [7, 11) is 0. The van der Waals surface area contributed by atoms with E-state index in [-0.39, 0.29) is 11.0 Å². The van der Waals surface area contributed by atoms with Gasteiger partial charge in [0.1, 0.15) is 0 Å². The molecule has 1 aliphatic carbocycles. The first-order valence-corrected chi connectivity index (χ1v) is 17.0. The van der Waals surface area contributed by atoms with Gasteiger partial charge in [0.05, 0.1) is 0 Å². The summed E-state index contributed by atoms with van der Waals surface area (Å²) in [5, 5.41) is 0. The van der Waals surface area contributed by atoms with E-state index in [1.54, 1.807) is 8.70 Å². The van der Waals surface area contributed by atoms with E-state index in [1.165, 1.54) is 22.6 Å². The van der Waals surface area contributed by atoms with Gasteiger partial charge in [-0.2, -0.15) is 0 Å². The van der Waals surface area contributed by atoms with Gasteiger partial charge in [-0.05, 0) is 0 Å². The Balaban J connectivity index is 0.00000144. The summed E-state index contributed by atoms with van der Waals surface area (Å²) in [5.41, 5.74) is 13.8. The Morgan fingerprint density at radius 2 is 1.17 bits per heavy atom. The van der Waals surface area contributed by atoms with Crippen LogP contribution in [-0.4, -0.2) is 40.3 Å². The van der Waals surface area contributed by atoms with Crippen LogP contribution in [0.15, 0.2) is 54.6 Å². The van der Waals surface area contributed by atoms with Gasteiger partial charge in [0, 0.05) is 0 Å². The smallest absolute Gasteiger partial charge is 0.412 e. The molecule has 0 fully saturated rings. The molecule has 0 atom stereocenters. The van der Waals surface area contributed by atoms with Crippen LogP contribution in [0.1, 0.15) is 17.5 Å². The van der Waals surface area contributed by atoms with Crippen LogP contribution in [0.4, 0.5) is 0 Å². The molecule has 0 aromatic heterocycles. The Hall–Kier alpha value is -0.913. The van der Waals surface area contributed by atoms with Gasteiger partial charge in [-0.25, -0.2) is 0 Å². The monoisotopic (exact) mass is 448 g/mol. The minimum absolute atomic E-state index is 0. The number of allylic oxidation sites excluding steroid dienone is 2. The number of hydrogen-bond donors (Lipinski definition) is 0. The summed E-state index contributed by atoms with van der Waals surface area (Å²) >= 11 is -1.46. The second-order valence-electron chi connectivity index (χ2n) is 6.25. The summed E-state index contributed by atoms with van der Waals surface area (Å²) in [5.74, 6) is 1.48. The van der Waals surface area contributed by atoms with E-state index in [1.807, 2.05) is 0 Å². The molecule has 0 radical (unpaired) electrons. The predicted molar refractivity (Wildman–Crippen MR) is 108 cm³/mol. The maximum Gasteiger partial charge on any atom is -0.412 e. The molecular formula is C20H26As2O2. The van der Waals surface area contributed by atoms with Crippen LogP contribution in [0.3, 0.4) is 0 Å². The standard InChI is InChI=1S/C20H23As2.2H2O/c1-21(2)19-9-5-15(6-10-19)17-13-18(14-17)16-7-11-20(12-8-16)22(3)4;;/h5-13H,14H2,1-4H3;2*1H2/q+1;;/p-1. The van der Waals surface area contributed by atoms with E-state index in [0.29, 0.717) is 0 Å². The van der Waals surface area contributed by atoms with Crippen molar-refractivity contribution in [1.82, 2.24) is 0 Å². The van der Waals surface area contributed by atoms with Crippen LogP contribution in [0, 0.1) is 5.92 Å². The first-order valence-electron chi connectivity index (χ1n) is 7.66. The average molecular weight is 448 g/mol. The second kappa shape index (κ2) is 8.97. The minimum Gasteiger partial charge on any atom is -0.870 e. The van der Waals surface area contributed by atoms with Crippen molar-refractivity contribution in [2.45, 2.75) is 29.3 Å². The summed E-state index contributed by atoms with van der Waals surface area (Å²) < 4.78 is 3.13. The van der Waals surface area contributed by atoms with Gasteiger partial charge in [0.2, 0.25) is 0 Å². The molecule has 128 valence electrons. The Morgan fingerprint density at radius 1 is 0.750 bits per heavy atom. The number of benzene rings is 2. The van der Waals surface area contributed by atoms with Crippen molar-refractivity contribution in [2.24, 2.45) is 0 Å². The van der Waals surface area contributed by atoms with E-state index in [9.17, 15) is 0 Å². The molecule has 0 saturated heterocycles. The van der Waals surface area contributed by atoms with E-state index >= 15 is 0 Å². The fourth-order valence-corrected chi connectivity index (χ4v) is 5.83. The minimum atomic E-state index is -0.732. The molecule has 1 aliphatic rings.